The number of benzene rings is 2. The van der Waals surface area contributed by atoms with Crippen molar-refractivity contribution < 1.29 is 19.6 Å². The summed E-state index contributed by atoms with van der Waals surface area (Å²) in [7, 11) is 0. The maximum Gasteiger partial charge on any atom is 0.365 e. The van der Waals surface area contributed by atoms with Gasteiger partial charge in [0.1, 0.15) is 17.9 Å². The zero-order chi connectivity index (χ0) is 16.2. The second kappa shape index (κ2) is 6.58. The molecule has 0 radical (unpaired) electrons. The number of aromatic amines is 2. The third kappa shape index (κ3) is 3.22. The van der Waals surface area contributed by atoms with E-state index in [2.05, 4.69) is 15.2 Å². The lowest BCUT2D eigenvalue weighted by molar-refractivity contribution is -0.465. The Kier molecular flexibility index (Phi) is 4.34. The molecule has 0 atom stereocenters. The Hall–Kier alpha value is -2.73. The number of nitrogens with one attached hydrogen (secondary N) is 3. The monoisotopic (exact) mass is 314 g/mol. The molecule has 0 saturated carbocycles. The first-order valence-corrected chi connectivity index (χ1v) is 7.48. The van der Waals surface area contributed by atoms with Gasteiger partial charge in [-0.25, -0.2) is 9.38 Å². The quantitative estimate of drug-likeness (QED) is 0.314. The number of nitrogens with two attached hydrogens (primary N) is 1. The van der Waals surface area contributed by atoms with E-state index >= 15 is 0 Å². The normalized spacial score (nSPS) is 12.0. The topological polar surface area (TPSA) is 90.1 Å². The van der Waals surface area contributed by atoms with Crippen LogP contribution in [-0.2, 0) is 0 Å². The molecule has 0 spiro atoms. The summed E-state index contributed by atoms with van der Waals surface area (Å²) in [6.45, 7) is 1.19. The van der Waals surface area contributed by atoms with Crippen molar-refractivity contribution >= 4 is 16.8 Å². The van der Waals surface area contributed by atoms with Crippen molar-refractivity contribution in [3.05, 3.63) is 53.8 Å². The zero-order valence-corrected chi connectivity index (χ0v) is 12.6. The van der Waals surface area contributed by atoms with E-state index in [0.717, 1.165) is 28.6 Å². The van der Waals surface area contributed by atoms with E-state index in [9.17, 15) is 9.50 Å². The van der Waals surface area contributed by atoms with E-state index in [1.54, 1.807) is 12.1 Å². The van der Waals surface area contributed by atoms with Crippen LogP contribution in [0, 0.1) is 5.82 Å². The van der Waals surface area contributed by atoms with E-state index in [1.807, 2.05) is 18.2 Å². The second-order valence-corrected chi connectivity index (χ2v) is 5.31. The molecule has 0 aliphatic carbocycles. The first-order valence-electron chi connectivity index (χ1n) is 7.48. The second-order valence-electron chi connectivity index (χ2n) is 5.31. The van der Waals surface area contributed by atoms with Gasteiger partial charge >= 0.3 is 5.90 Å². The van der Waals surface area contributed by atoms with Crippen LogP contribution in [-0.4, -0.2) is 29.2 Å². The number of hydrogen-bond acceptors (Lipinski definition) is 1. The number of H-pyrrole nitrogens is 2. The van der Waals surface area contributed by atoms with Gasteiger partial charge < -0.3 is 10.8 Å². The smallest absolute Gasteiger partial charge is 0.365 e. The fraction of sp³-hybridized carbons (Fsp3) is 0.176. The molecule has 1 aromatic heterocycles. The maximum atomic E-state index is 13.1. The van der Waals surface area contributed by atoms with Crippen molar-refractivity contribution in [2.24, 2.45) is 5.73 Å². The molecule has 0 saturated heterocycles. The minimum absolute atomic E-state index is 0.117. The van der Waals surface area contributed by atoms with E-state index in [4.69, 9.17) is 5.73 Å². The summed E-state index contributed by atoms with van der Waals surface area (Å²) >= 11 is 0. The summed E-state index contributed by atoms with van der Waals surface area (Å²) in [6, 6.07) is 11.9. The number of aromatic nitrogens is 2. The van der Waals surface area contributed by atoms with Gasteiger partial charge in [0, 0.05) is 12.0 Å². The van der Waals surface area contributed by atoms with Crippen LogP contribution in [0.2, 0.25) is 0 Å². The van der Waals surface area contributed by atoms with Crippen LogP contribution in [0.4, 0.5) is 4.39 Å². The molecule has 5 nitrogen and oxygen atoms in total. The number of halogens is 1. The molecule has 3 rings (SSSR count). The van der Waals surface area contributed by atoms with E-state index in [0.29, 0.717) is 18.7 Å². The SMILES string of the molecule is NCCC[NH+]=C(O)c1ccc2[nH][nH+]c(-c3ccc(F)cc3)c2c1. The Morgan fingerprint density at radius 3 is 2.74 bits per heavy atom. The summed E-state index contributed by atoms with van der Waals surface area (Å²) in [4.78, 5) is 2.95. The summed E-state index contributed by atoms with van der Waals surface area (Å²) in [5.74, 6) is -0.157. The van der Waals surface area contributed by atoms with Crippen molar-refractivity contribution in [3.63, 3.8) is 0 Å². The van der Waals surface area contributed by atoms with Crippen LogP contribution >= 0.6 is 0 Å². The predicted molar refractivity (Wildman–Crippen MR) is 86.5 cm³/mol. The minimum atomic E-state index is -0.274. The summed E-state index contributed by atoms with van der Waals surface area (Å²) in [6.07, 6.45) is 0.783. The molecule has 0 aliphatic heterocycles. The van der Waals surface area contributed by atoms with Gasteiger partial charge in [-0.15, -0.1) is 5.10 Å². The number of rotatable bonds is 5. The van der Waals surface area contributed by atoms with Crippen LogP contribution in [0.3, 0.4) is 0 Å². The third-order valence-electron chi connectivity index (χ3n) is 3.69. The Bertz CT molecular complexity index is 839. The maximum absolute atomic E-state index is 13.1. The van der Waals surface area contributed by atoms with Gasteiger partial charge in [-0.2, -0.15) is 5.10 Å². The molecule has 6 N–H and O–H groups in total. The average Bonchev–Trinajstić information content (AvgIpc) is 2.99. The number of hydrogen-bond donors (Lipinski definition) is 4. The van der Waals surface area contributed by atoms with Crippen LogP contribution in [0.25, 0.3) is 22.2 Å². The number of aliphatic hydroxyl groups is 1. The van der Waals surface area contributed by atoms with Crippen molar-refractivity contribution in [2.45, 2.75) is 6.42 Å². The fourth-order valence-corrected chi connectivity index (χ4v) is 2.46. The van der Waals surface area contributed by atoms with Crippen LogP contribution < -0.4 is 15.8 Å². The van der Waals surface area contributed by atoms with Gasteiger partial charge in [-0.3, -0.25) is 0 Å². The summed E-state index contributed by atoms with van der Waals surface area (Å²) in [5, 5.41) is 17.2. The Balaban J connectivity index is 2.00. The highest BCUT2D eigenvalue weighted by molar-refractivity contribution is 5.97. The standard InChI is InChI=1S/C17H17FN4O/c18-13-5-2-11(3-6-13)16-14-10-12(4-7-15(14)21-22-16)17(23)20-9-1-8-19/h2-7,10H,1,8-9,19H2,(H,20,23)(H,21,22)/p+2. The largest absolute Gasteiger partial charge is 0.460 e. The molecule has 0 unspecified atom stereocenters. The fourth-order valence-electron chi connectivity index (χ4n) is 2.46. The van der Waals surface area contributed by atoms with Gasteiger partial charge in [0.25, 0.3) is 0 Å². The molecule has 6 heteroatoms. The molecule has 0 fully saturated rings. The first kappa shape index (κ1) is 15.2. The van der Waals surface area contributed by atoms with Crippen LogP contribution in [0.1, 0.15) is 12.0 Å². The van der Waals surface area contributed by atoms with Crippen molar-refractivity contribution in [1.82, 2.24) is 5.10 Å². The van der Waals surface area contributed by atoms with Gasteiger partial charge in [0.15, 0.2) is 0 Å². The average molecular weight is 314 g/mol. The highest BCUT2D eigenvalue weighted by Gasteiger charge is 2.17. The highest BCUT2D eigenvalue weighted by atomic mass is 19.1. The lowest BCUT2D eigenvalue weighted by atomic mass is 10.1. The molecule has 2 aromatic carbocycles. The van der Waals surface area contributed by atoms with Crippen molar-refractivity contribution in [3.8, 4) is 11.3 Å². The zero-order valence-electron chi connectivity index (χ0n) is 12.6. The molecule has 23 heavy (non-hydrogen) atoms. The van der Waals surface area contributed by atoms with E-state index in [-0.39, 0.29) is 11.7 Å². The van der Waals surface area contributed by atoms with Gasteiger partial charge in [-0.1, -0.05) is 0 Å². The van der Waals surface area contributed by atoms with Crippen molar-refractivity contribution in [1.29, 1.82) is 0 Å². The molecule has 0 amide bonds. The molecule has 0 bridgehead atoms. The lowest BCUT2D eigenvalue weighted by Gasteiger charge is -1.96. The minimum Gasteiger partial charge on any atom is -0.460 e. The van der Waals surface area contributed by atoms with E-state index in [1.165, 1.54) is 12.1 Å². The molecule has 118 valence electrons. The number of fused-ring (bicyclic) bond motifs is 1. The number of aliphatic hydroxyl groups excluding tert-OH is 1. The van der Waals surface area contributed by atoms with E-state index < -0.39 is 0 Å². The highest BCUT2D eigenvalue weighted by Crippen LogP contribution is 2.24. The molecule has 0 aliphatic rings. The molecular formula is C17H19FN4O+2. The van der Waals surface area contributed by atoms with Crippen molar-refractivity contribution in [2.75, 3.05) is 13.1 Å². The Morgan fingerprint density at radius 1 is 1.22 bits per heavy atom. The molecular weight excluding hydrogens is 295 g/mol. The Morgan fingerprint density at radius 2 is 2.00 bits per heavy atom. The molecule has 3 aromatic rings. The first-order chi connectivity index (χ1) is 11.2. The summed E-state index contributed by atoms with van der Waals surface area (Å²) < 4.78 is 13.1. The Labute approximate surface area is 132 Å². The van der Waals surface area contributed by atoms with Gasteiger partial charge in [-0.05, 0) is 49.0 Å². The lowest BCUT2D eigenvalue weighted by Crippen LogP contribution is -2.73. The van der Waals surface area contributed by atoms with Gasteiger partial charge in [0.05, 0.1) is 10.9 Å². The van der Waals surface area contributed by atoms with Gasteiger partial charge in [0.2, 0.25) is 5.69 Å². The van der Waals surface area contributed by atoms with Crippen LogP contribution in [0.5, 0.6) is 0 Å². The molecule has 1 heterocycles. The van der Waals surface area contributed by atoms with Crippen LogP contribution in [0.15, 0.2) is 42.5 Å². The summed E-state index contributed by atoms with van der Waals surface area (Å²) in [5.41, 5.74) is 8.74. The third-order valence-corrected chi connectivity index (χ3v) is 3.69. The predicted octanol–water partition coefficient (Wildman–Crippen LogP) is 0.522.